The predicted molar refractivity (Wildman–Crippen MR) is 43.0 cm³/mol. The van der Waals surface area contributed by atoms with E-state index < -0.39 is 0 Å². The SMILES string of the molecule is C.O=C1CCCCC1S. The zero-order valence-corrected chi connectivity index (χ0v) is 5.66. The van der Waals surface area contributed by atoms with E-state index >= 15 is 0 Å². The van der Waals surface area contributed by atoms with Crippen molar-refractivity contribution in [3.8, 4) is 0 Å². The Bertz CT molecular complexity index is 101. The number of carbonyl (C=O) groups excluding carboxylic acids is 1. The molecule has 1 aliphatic carbocycles. The molecule has 1 saturated carbocycles. The van der Waals surface area contributed by atoms with Crippen LogP contribution >= 0.6 is 12.6 Å². The van der Waals surface area contributed by atoms with Crippen LogP contribution in [0.2, 0.25) is 0 Å². The molecular weight excluding hydrogens is 132 g/mol. The van der Waals surface area contributed by atoms with Crippen LogP contribution in [0.3, 0.4) is 0 Å². The van der Waals surface area contributed by atoms with E-state index in [2.05, 4.69) is 12.6 Å². The Labute approximate surface area is 62.2 Å². The molecule has 0 saturated heterocycles. The molecule has 1 fully saturated rings. The van der Waals surface area contributed by atoms with Gasteiger partial charge in [0.05, 0.1) is 5.25 Å². The van der Waals surface area contributed by atoms with Gasteiger partial charge in [-0.1, -0.05) is 13.8 Å². The summed E-state index contributed by atoms with van der Waals surface area (Å²) in [6.07, 6.45) is 4.01. The predicted octanol–water partition coefficient (Wildman–Crippen LogP) is 2.06. The summed E-state index contributed by atoms with van der Waals surface area (Å²) in [7, 11) is 0. The second kappa shape index (κ2) is 3.94. The summed E-state index contributed by atoms with van der Waals surface area (Å²) in [5.74, 6) is 0.333. The number of hydrogen-bond acceptors (Lipinski definition) is 2. The molecule has 0 aliphatic heterocycles. The van der Waals surface area contributed by atoms with Gasteiger partial charge in [0.2, 0.25) is 0 Å². The van der Waals surface area contributed by atoms with Crippen LogP contribution in [0.1, 0.15) is 33.1 Å². The summed E-state index contributed by atoms with van der Waals surface area (Å²) in [6.45, 7) is 0. The Kier molecular flexibility index (Phi) is 3.95. The van der Waals surface area contributed by atoms with Gasteiger partial charge in [-0.2, -0.15) is 12.6 Å². The summed E-state index contributed by atoms with van der Waals surface area (Å²) in [4.78, 5) is 10.7. The molecule has 1 unspecified atom stereocenters. The molecule has 0 bridgehead atoms. The van der Waals surface area contributed by atoms with Crippen LogP contribution in [-0.4, -0.2) is 11.0 Å². The fourth-order valence-electron chi connectivity index (χ4n) is 0.965. The lowest BCUT2D eigenvalue weighted by atomic mass is 9.99. The third kappa shape index (κ3) is 2.39. The van der Waals surface area contributed by atoms with Crippen molar-refractivity contribution < 1.29 is 4.79 Å². The van der Waals surface area contributed by atoms with E-state index in [1.54, 1.807) is 0 Å². The normalized spacial score (nSPS) is 27.2. The fraction of sp³-hybridized carbons (Fsp3) is 0.857. The minimum atomic E-state index is 0. The van der Waals surface area contributed by atoms with Crippen molar-refractivity contribution in [1.29, 1.82) is 0 Å². The van der Waals surface area contributed by atoms with Crippen molar-refractivity contribution in [2.75, 3.05) is 0 Å². The topological polar surface area (TPSA) is 17.1 Å². The Morgan fingerprint density at radius 3 is 2.44 bits per heavy atom. The van der Waals surface area contributed by atoms with Crippen LogP contribution in [0.25, 0.3) is 0 Å². The molecule has 0 aromatic rings. The monoisotopic (exact) mass is 146 g/mol. The number of Topliss-reactive ketones (excluding diaryl/α,β-unsaturated/α-hetero) is 1. The van der Waals surface area contributed by atoms with E-state index in [1.165, 1.54) is 6.42 Å². The maximum absolute atomic E-state index is 10.7. The first-order chi connectivity index (χ1) is 3.80. The van der Waals surface area contributed by atoms with E-state index in [0.717, 1.165) is 19.3 Å². The summed E-state index contributed by atoms with van der Waals surface area (Å²) in [6, 6.07) is 0. The Morgan fingerprint density at radius 1 is 1.44 bits per heavy atom. The van der Waals surface area contributed by atoms with Crippen molar-refractivity contribution >= 4 is 18.4 Å². The third-order valence-corrected chi connectivity index (χ3v) is 2.07. The van der Waals surface area contributed by atoms with Crippen LogP contribution in [-0.2, 0) is 4.79 Å². The molecule has 0 radical (unpaired) electrons. The van der Waals surface area contributed by atoms with E-state index in [9.17, 15) is 4.79 Å². The van der Waals surface area contributed by atoms with E-state index in [4.69, 9.17) is 0 Å². The van der Waals surface area contributed by atoms with Crippen molar-refractivity contribution in [3.63, 3.8) is 0 Å². The average molecular weight is 146 g/mol. The van der Waals surface area contributed by atoms with Gasteiger partial charge in [-0.25, -0.2) is 0 Å². The summed E-state index contributed by atoms with van der Waals surface area (Å²) >= 11 is 4.11. The van der Waals surface area contributed by atoms with Gasteiger partial charge in [-0.15, -0.1) is 0 Å². The first-order valence-corrected chi connectivity index (χ1v) is 3.53. The minimum absolute atomic E-state index is 0. The molecule has 2 heteroatoms. The zero-order chi connectivity index (χ0) is 5.98. The van der Waals surface area contributed by atoms with Crippen molar-refractivity contribution in [1.82, 2.24) is 0 Å². The summed E-state index contributed by atoms with van der Waals surface area (Å²) < 4.78 is 0. The average Bonchev–Trinajstić information content (AvgIpc) is 1.77. The third-order valence-electron chi connectivity index (χ3n) is 1.52. The lowest BCUT2D eigenvalue weighted by Gasteiger charge is -2.13. The van der Waals surface area contributed by atoms with Gasteiger partial charge in [0.15, 0.2) is 0 Å². The largest absolute Gasteiger partial charge is 0.298 e. The number of thiol groups is 1. The smallest absolute Gasteiger partial charge is 0.145 e. The molecular formula is C7H14OS. The van der Waals surface area contributed by atoms with E-state index in [0.29, 0.717) is 5.78 Å². The first-order valence-electron chi connectivity index (χ1n) is 3.01. The van der Waals surface area contributed by atoms with Crippen LogP contribution in [0.5, 0.6) is 0 Å². The van der Waals surface area contributed by atoms with Gasteiger partial charge in [0.1, 0.15) is 5.78 Å². The van der Waals surface area contributed by atoms with Gasteiger partial charge in [0.25, 0.3) is 0 Å². The highest BCUT2D eigenvalue weighted by Crippen LogP contribution is 2.18. The summed E-state index contributed by atoms with van der Waals surface area (Å²) in [5.41, 5.74) is 0. The number of carbonyl (C=O) groups is 1. The molecule has 1 nitrogen and oxygen atoms in total. The molecule has 0 amide bonds. The lowest BCUT2D eigenvalue weighted by molar-refractivity contribution is -0.119. The van der Waals surface area contributed by atoms with Crippen LogP contribution in [0.4, 0.5) is 0 Å². The van der Waals surface area contributed by atoms with Gasteiger partial charge in [-0.3, -0.25) is 4.79 Å². The first kappa shape index (κ1) is 9.02. The number of ketones is 1. The van der Waals surface area contributed by atoms with Gasteiger partial charge < -0.3 is 0 Å². The summed E-state index contributed by atoms with van der Waals surface area (Å²) in [5, 5.41) is 0.0590. The fourth-order valence-corrected chi connectivity index (χ4v) is 1.28. The van der Waals surface area contributed by atoms with Crippen molar-refractivity contribution in [2.45, 2.75) is 38.4 Å². The Morgan fingerprint density at radius 2 is 2.11 bits per heavy atom. The molecule has 0 spiro atoms. The molecule has 0 heterocycles. The van der Waals surface area contributed by atoms with Crippen molar-refractivity contribution in [3.05, 3.63) is 0 Å². The van der Waals surface area contributed by atoms with E-state index in [-0.39, 0.29) is 12.7 Å². The van der Waals surface area contributed by atoms with Crippen LogP contribution < -0.4 is 0 Å². The molecule has 0 aromatic heterocycles. The maximum Gasteiger partial charge on any atom is 0.145 e. The highest BCUT2D eigenvalue weighted by Gasteiger charge is 2.17. The molecule has 54 valence electrons. The number of hydrogen-bond donors (Lipinski definition) is 1. The molecule has 0 N–H and O–H groups in total. The second-order valence-electron chi connectivity index (χ2n) is 2.23. The maximum atomic E-state index is 10.7. The van der Waals surface area contributed by atoms with Crippen molar-refractivity contribution in [2.24, 2.45) is 0 Å². The van der Waals surface area contributed by atoms with Gasteiger partial charge >= 0.3 is 0 Å². The molecule has 1 atom stereocenters. The molecule has 9 heavy (non-hydrogen) atoms. The molecule has 1 rings (SSSR count). The van der Waals surface area contributed by atoms with Crippen LogP contribution in [0.15, 0.2) is 0 Å². The second-order valence-corrected chi connectivity index (χ2v) is 2.85. The van der Waals surface area contributed by atoms with E-state index in [1.807, 2.05) is 0 Å². The Balaban J connectivity index is 0.000000640. The van der Waals surface area contributed by atoms with Gasteiger partial charge in [-0.05, 0) is 12.8 Å². The quantitative estimate of drug-likeness (QED) is 0.518. The lowest BCUT2D eigenvalue weighted by Crippen LogP contribution is -2.18. The minimum Gasteiger partial charge on any atom is -0.298 e. The Hall–Kier alpha value is 0.0200. The molecule has 0 aromatic carbocycles. The molecule has 1 aliphatic rings. The van der Waals surface area contributed by atoms with Gasteiger partial charge in [0, 0.05) is 6.42 Å². The highest BCUT2D eigenvalue weighted by atomic mass is 32.1. The van der Waals surface area contributed by atoms with Crippen LogP contribution in [0, 0.1) is 0 Å². The highest BCUT2D eigenvalue weighted by molar-refractivity contribution is 7.81. The standard InChI is InChI=1S/C6H10OS.CH4/c7-5-3-1-2-4-6(5)8;/h6,8H,1-4H2;1H4. The zero-order valence-electron chi connectivity index (χ0n) is 4.76. The number of rotatable bonds is 0.